The van der Waals surface area contributed by atoms with E-state index in [2.05, 4.69) is 27.7 Å². The van der Waals surface area contributed by atoms with E-state index >= 15 is 0 Å². The van der Waals surface area contributed by atoms with E-state index in [-0.39, 0.29) is 17.6 Å². The standard InChI is InChI=1S/C11H24O2/c1-6-11(4,13-5)9-10(2,3)7-8-12/h12H,6-9H2,1-5H3. The lowest BCUT2D eigenvalue weighted by atomic mass is 9.78. The molecule has 0 bridgehead atoms. The number of ether oxygens (including phenoxy) is 1. The minimum atomic E-state index is -0.0430. The maximum absolute atomic E-state index is 8.90. The molecule has 0 fully saturated rings. The summed E-state index contributed by atoms with van der Waals surface area (Å²) in [5.74, 6) is 0. The van der Waals surface area contributed by atoms with E-state index in [1.54, 1.807) is 7.11 Å². The van der Waals surface area contributed by atoms with Gasteiger partial charge in [-0.15, -0.1) is 0 Å². The third kappa shape index (κ3) is 4.63. The van der Waals surface area contributed by atoms with Gasteiger partial charge < -0.3 is 9.84 Å². The van der Waals surface area contributed by atoms with E-state index in [0.29, 0.717) is 0 Å². The summed E-state index contributed by atoms with van der Waals surface area (Å²) in [5, 5.41) is 8.90. The van der Waals surface area contributed by atoms with Gasteiger partial charge in [0.1, 0.15) is 0 Å². The summed E-state index contributed by atoms with van der Waals surface area (Å²) in [6.07, 6.45) is 2.85. The summed E-state index contributed by atoms with van der Waals surface area (Å²) >= 11 is 0. The van der Waals surface area contributed by atoms with Crippen molar-refractivity contribution in [1.29, 1.82) is 0 Å². The molecule has 0 aromatic carbocycles. The van der Waals surface area contributed by atoms with E-state index in [1.165, 1.54) is 0 Å². The molecule has 1 unspecified atom stereocenters. The SMILES string of the molecule is CCC(C)(CC(C)(C)CCO)OC. The molecule has 2 heteroatoms. The lowest BCUT2D eigenvalue weighted by molar-refractivity contribution is -0.0347. The van der Waals surface area contributed by atoms with Crippen molar-refractivity contribution < 1.29 is 9.84 Å². The number of hydrogen-bond acceptors (Lipinski definition) is 2. The van der Waals surface area contributed by atoms with Gasteiger partial charge in [-0.25, -0.2) is 0 Å². The molecule has 0 aliphatic heterocycles. The van der Waals surface area contributed by atoms with Crippen LogP contribution in [-0.2, 0) is 4.74 Å². The molecular weight excluding hydrogens is 164 g/mol. The molecule has 2 nitrogen and oxygen atoms in total. The van der Waals surface area contributed by atoms with Gasteiger partial charge >= 0.3 is 0 Å². The second-order valence-corrected chi connectivity index (χ2v) is 4.82. The number of hydrogen-bond donors (Lipinski definition) is 1. The van der Waals surface area contributed by atoms with Crippen molar-refractivity contribution in [3.8, 4) is 0 Å². The van der Waals surface area contributed by atoms with Crippen LogP contribution in [0.4, 0.5) is 0 Å². The summed E-state index contributed by atoms with van der Waals surface area (Å²) in [4.78, 5) is 0. The van der Waals surface area contributed by atoms with Crippen LogP contribution in [0.1, 0.15) is 47.0 Å². The van der Waals surface area contributed by atoms with Crippen LogP contribution in [0.15, 0.2) is 0 Å². The topological polar surface area (TPSA) is 29.5 Å². The third-order valence-electron chi connectivity index (χ3n) is 2.88. The molecule has 0 aliphatic carbocycles. The Balaban J connectivity index is 4.21. The van der Waals surface area contributed by atoms with Gasteiger partial charge in [0.15, 0.2) is 0 Å². The van der Waals surface area contributed by atoms with Crippen molar-refractivity contribution in [2.45, 2.75) is 52.6 Å². The molecule has 0 spiro atoms. The van der Waals surface area contributed by atoms with Crippen LogP contribution in [-0.4, -0.2) is 24.4 Å². The van der Waals surface area contributed by atoms with Crippen LogP contribution in [0.25, 0.3) is 0 Å². The second kappa shape index (κ2) is 4.97. The first kappa shape index (κ1) is 12.9. The van der Waals surface area contributed by atoms with Gasteiger partial charge in [-0.1, -0.05) is 20.8 Å². The molecular formula is C11H24O2. The van der Waals surface area contributed by atoms with E-state index < -0.39 is 0 Å². The Morgan fingerprint density at radius 3 is 2.08 bits per heavy atom. The van der Waals surface area contributed by atoms with Gasteiger partial charge in [0.05, 0.1) is 5.60 Å². The summed E-state index contributed by atoms with van der Waals surface area (Å²) in [5.41, 5.74) is 0.119. The minimum absolute atomic E-state index is 0.0430. The summed E-state index contributed by atoms with van der Waals surface area (Å²) < 4.78 is 5.49. The maximum atomic E-state index is 8.90. The van der Waals surface area contributed by atoms with Crippen molar-refractivity contribution in [1.82, 2.24) is 0 Å². The highest BCUT2D eigenvalue weighted by Gasteiger charge is 2.30. The lowest BCUT2D eigenvalue weighted by Crippen LogP contribution is -2.33. The lowest BCUT2D eigenvalue weighted by Gasteiger charge is -2.35. The van der Waals surface area contributed by atoms with Crippen LogP contribution >= 0.6 is 0 Å². The Morgan fingerprint density at radius 2 is 1.77 bits per heavy atom. The predicted octanol–water partition coefficient (Wildman–Crippen LogP) is 2.60. The number of methoxy groups -OCH3 is 1. The molecule has 13 heavy (non-hydrogen) atoms. The fourth-order valence-corrected chi connectivity index (χ4v) is 1.74. The molecule has 1 N–H and O–H groups in total. The first-order chi connectivity index (χ1) is 5.89. The van der Waals surface area contributed by atoms with Gasteiger partial charge in [0, 0.05) is 13.7 Å². The molecule has 0 aromatic heterocycles. The monoisotopic (exact) mass is 188 g/mol. The van der Waals surface area contributed by atoms with Crippen molar-refractivity contribution in [2.24, 2.45) is 5.41 Å². The Morgan fingerprint density at radius 1 is 1.23 bits per heavy atom. The molecule has 0 saturated carbocycles. The number of aliphatic hydroxyl groups is 1. The van der Waals surface area contributed by atoms with Crippen molar-refractivity contribution in [3.05, 3.63) is 0 Å². The van der Waals surface area contributed by atoms with E-state index in [1.807, 2.05) is 0 Å². The average Bonchev–Trinajstić information content (AvgIpc) is 2.03. The Hall–Kier alpha value is -0.0800. The van der Waals surface area contributed by atoms with Gasteiger partial charge in [-0.2, -0.15) is 0 Å². The van der Waals surface area contributed by atoms with Crippen LogP contribution in [0, 0.1) is 5.41 Å². The third-order valence-corrected chi connectivity index (χ3v) is 2.88. The van der Waals surface area contributed by atoms with Gasteiger partial charge in [-0.3, -0.25) is 0 Å². The van der Waals surface area contributed by atoms with E-state index in [4.69, 9.17) is 9.84 Å². The molecule has 0 aromatic rings. The van der Waals surface area contributed by atoms with Crippen LogP contribution < -0.4 is 0 Å². The molecule has 1 atom stereocenters. The Bertz CT molecular complexity index is 137. The zero-order valence-corrected chi connectivity index (χ0v) is 9.68. The molecule has 0 heterocycles. The van der Waals surface area contributed by atoms with Crippen LogP contribution in [0.2, 0.25) is 0 Å². The van der Waals surface area contributed by atoms with Crippen molar-refractivity contribution in [3.63, 3.8) is 0 Å². The van der Waals surface area contributed by atoms with Gasteiger partial charge in [0.2, 0.25) is 0 Å². The number of aliphatic hydroxyl groups excluding tert-OH is 1. The Labute approximate surface area is 82.3 Å². The van der Waals surface area contributed by atoms with Crippen LogP contribution in [0.5, 0.6) is 0 Å². The average molecular weight is 188 g/mol. The summed E-state index contributed by atoms with van der Waals surface area (Å²) in [6, 6.07) is 0. The molecule has 0 radical (unpaired) electrons. The highest BCUT2D eigenvalue weighted by molar-refractivity contribution is 4.82. The van der Waals surface area contributed by atoms with Crippen LogP contribution in [0.3, 0.4) is 0 Å². The molecule has 80 valence electrons. The molecule has 0 aliphatic rings. The van der Waals surface area contributed by atoms with Crippen molar-refractivity contribution in [2.75, 3.05) is 13.7 Å². The largest absolute Gasteiger partial charge is 0.396 e. The highest BCUT2D eigenvalue weighted by atomic mass is 16.5. The first-order valence-corrected chi connectivity index (χ1v) is 5.05. The Kier molecular flexibility index (Phi) is 4.93. The van der Waals surface area contributed by atoms with Crippen molar-refractivity contribution >= 4 is 0 Å². The van der Waals surface area contributed by atoms with Gasteiger partial charge in [-0.05, 0) is 31.6 Å². The maximum Gasteiger partial charge on any atom is 0.0653 e. The summed E-state index contributed by atoms with van der Waals surface area (Å²) in [6.45, 7) is 8.88. The van der Waals surface area contributed by atoms with E-state index in [9.17, 15) is 0 Å². The molecule has 0 saturated heterocycles. The number of rotatable bonds is 6. The molecule has 0 rings (SSSR count). The fourth-order valence-electron chi connectivity index (χ4n) is 1.74. The normalized spacial score (nSPS) is 17.1. The smallest absolute Gasteiger partial charge is 0.0653 e. The van der Waals surface area contributed by atoms with Gasteiger partial charge in [0.25, 0.3) is 0 Å². The minimum Gasteiger partial charge on any atom is -0.396 e. The highest BCUT2D eigenvalue weighted by Crippen LogP contribution is 2.34. The summed E-state index contributed by atoms with van der Waals surface area (Å²) in [7, 11) is 1.76. The quantitative estimate of drug-likeness (QED) is 0.694. The zero-order chi connectivity index (χ0) is 10.5. The first-order valence-electron chi connectivity index (χ1n) is 5.05. The zero-order valence-electron chi connectivity index (χ0n) is 9.68. The molecule has 0 amide bonds. The fraction of sp³-hybridized carbons (Fsp3) is 1.00. The van der Waals surface area contributed by atoms with E-state index in [0.717, 1.165) is 19.3 Å². The predicted molar refractivity (Wildman–Crippen MR) is 55.8 cm³/mol. The second-order valence-electron chi connectivity index (χ2n) is 4.82.